The maximum Gasteiger partial charge on any atom is 0.265 e. The van der Waals surface area contributed by atoms with Gasteiger partial charge in [0.15, 0.2) is 6.10 Å². The minimum atomic E-state index is -0.591. The Morgan fingerprint density at radius 3 is 2.58 bits per heavy atom. The number of benzene rings is 2. The smallest absolute Gasteiger partial charge is 0.265 e. The van der Waals surface area contributed by atoms with Crippen molar-refractivity contribution in [3.8, 4) is 5.75 Å². The summed E-state index contributed by atoms with van der Waals surface area (Å²) in [6.07, 6.45) is 0.429. The zero-order chi connectivity index (χ0) is 17.7. The van der Waals surface area contributed by atoms with E-state index < -0.39 is 6.10 Å². The number of aryl methyl sites for hydroxylation is 1. The number of rotatable bonds is 6. The summed E-state index contributed by atoms with van der Waals surface area (Å²) in [6, 6.07) is 13.3. The molecule has 0 heterocycles. The highest BCUT2D eigenvalue weighted by molar-refractivity contribution is 5.95. The second-order valence-corrected chi connectivity index (χ2v) is 6.17. The molecule has 2 atom stereocenters. The molecule has 3 N–H and O–H groups in total. The molecule has 4 nitrogen and oxygen atoms in total. The summed E-state index contributed by atoms with van der Waals surface area (Å²) >= 11 is 0. The van der Waals surface area contributed by atoms with Crippen LogP contribution in [0.15, 0.2) is 42.5 Å². The van der Waals surface area contributed by atoms with Crippen LogP contribution in [0.1, 0.15) is 44.2 Å². The molecule has 24 heavy (non-hydrogen) atoms. The largest absolute Gasteiger partial charge is 0.481 e. The van der Waals surface area contributed by atoms with Crippen LogP contribution in [-0.2, 0) is 4.79 Å². The quantitative estimate of drug-likeness (QED) is 0.768. The van der Waals surface area contributed by atoms with Gasteiger partial charge in [0.1, 0.15) is 5.75 Å². The first kappa shape index (κ1) is 17.9. The van der Waals surface area contributed by atoms with E-state index in [0.29, 0.717) is 11.6 Å². The van der Waals surface area contributed by atoms with E-state index in [2.05, 4.69) is 25.2 Å². The molecule has 0 aliphatic rings. The van der Waals surface area contributed by atoms with Gasteiger partial charge in [-0.25, -0.2) is 0 Å². The second kappa shape index (κ2) is 7.86. The number of amides is 1. The third-order valence-electron chi connectivity index (χ3n) is 4.24. The van der Waals surface area contributed by atoms with Gasteiger partial charge in [-0.1, -0.05) is 32.0 Å². The van der Waals surface area contributed by atoms with Crippen molar-refractivity contribution in [2.75, 3.05) is 11.1 Å². The van der Waals surface area contributed by atoms with E-state index in [9.17, 15) is 4.79 Å². The third kappa shape index (κ3) is 4.28. The molecule has 0 spiro atoms. The fraction of sp³-hybridized carbons (Fsp3) is 0.350. The Bertz CT molecular complexity index is 713. The highest BCUT2D eigenvalue weighted by atomic mass is 16.5. The number of nitrogens with two attached hydrogens (primary N) is 1. The first-order valence-electron chi connectivity index (χ1n) is 8.35. The van der Waals surface area contributed by atoms with Gasteiger partial charge in [-0.05, 0) is 61.6 Å². The predicted octanol–water partition coefficient (Wildman–Crippen LogP) is 4.50. The maximum atomic E-state index is 12.4. The fourth-order valence-electron chi connectivity index (χ4n) is 2.52. The molecule has 2 aromatic rings. The molecule has 0 bridgehead atoms. The van der Waals surface area contributed by atoms with Crippen LogP contribution in [0.25, 0.3) is 0 Å². The van der Waals surface area contributed by atoms with Crippen molar-refractivity contribution < 1.29 is 9.53 Å². The van der Waals surface area contributed by atoms with Gasteiger partial charge >= 0.3 is 0 Å². The standard InChI is InChI=1S/C20H26N2O2/c1-5-13(2)17-8-6-7-9-19(17)24-15(4)20(23)22-18-11-10-16(21)12-14(18)3/h6-13,15H,5,21H2,1-4H3,(H,22,23)/t13-,15-/m0/s1. The Morgan fingerprint density at radius 1 is 1.21 bits per heavy atom. The van der Waals surface area contributed by atoms with Crippen LogP contribution in [-0.4, -0.2) is 12.0 Å². The van der Waals surface area contributed by atoms with Gasteiger partial charge in [0.25, 0.3) is 5.91 Å². The monoisotopic (exact) mass is 326 g/mol. The van der Waals surface area contributed by atoms with E-state index in [-0.39, 0.29) is 5.91 Å². The summed E-state index contributed by atoms with van der Waals surface area (Å²) < 4.78 is 5.93. The van der Waals surface area contributed by atoms with Gasteiger partial charge in [0.05, 0.1) is 0 Å². The number of hydrogen-bond acceptors (Lipinski definition) is 3. The number of nitrogen functional groups attached to an aromatic ring is 1. The van der Waals surface area contributed by atoms with Crippen LogP contribution in [0.4, 0.5) is 11.4 Å². The molecular weight excluding hydrogens is 300 g/mol. The third-order valence-corrected chi connectivity index (χ3v) is 4.24. The highest BCUT2D eigenvalue weighted by Gasteiger charge is 2.18. The van der Waals surface area contributed by atoms with Crippen molar-refractivity contribution >= 4 is 17.3 Å². The Hall–Kier alpha value is -2.49. The van der Waals surface area contributed by atoms with E-state index in [1.54, 1.807) is 13.0 Å². The summed E-state index contributed by atoms with van der Waals surface area (Å²) in [4.78, 5) is 12.4. The lowest BCUT2D eigenvalue weighted by molar-refractivity contribution is -0.122. The van der Waals surface area contributed by atoms with Crippen LogP contribution < -0.4 is 15.8 Å². The second-order valence-electron chi connectivity index (χ2n) is 6.17. The molecule has 0 saturated carbocycles. The van der Waals surface area contributed by atoms with E-state index >= 15 is 0 Å². The van der Waals surface area contributed by atoms with Crippen molar-refractivity contribution in [1.82, 2.24) is 0 Å². The predicted molar refractivity (Wildman–Crippen MR) is 99.5 cm³/mol. The first-order chi connectivity index (χ1) is 11.4. The molecule has 0 saturated heterocycles. The van der Waals surface area contributed by atoms with E-state index in [4.69, 9.17) is 10.5 Å². The van der Waals surface area contributed by atoms with Crippen molar-refractivity contribution in [3.63, 3.8) is 0 Å². The van der Waals surface area contributed by atoms with Crippen LogP contribution >= 0.6 is 0 Å². The van der Waals surface area contributed by atoms with Gasteiger partial charge in [0, 0.05) is 11.4 Å². The van der Waals surface area contributed by atoms with Gasteiger partial charge in [0.2, 0.25) is 0 Å². The molecule has 0 radical (unpaired) electrons. The molecule has 0 aliphatic heterocycles. The summed E-state index contributed by atoms with van der Waals surface area (Å²) in [5.41, 5.74) is 9.22. The van der Waals surface area contributed by atoms with Crippen LogP contribution in [0, 0.1) is 6.92 Å². The number of para-hydroxylation sites is 1. The molecule has 128 valence electrons. The molecule has 0 aliphatic carbocycles. The average Bonchev–Trinajstić information content (AvgIpc) is 2.57. The Kier molecular flexibility index (Phi) is 5.85. The van der Waals surface area contributed by atoms with E-state index in [0.717, 1.165) is 29.0 Å². The fourth-order valence-corrected chi connectivity index (χ4v) is 2.52. The minimum Gasteiger partial charge on any atom is -0.481 e. The van der Waals surface area contributed by atoms with Gasteiger partial charge < -0.3 is 15.8 Å². The molecule has 0 fully saturated rings. The lowest BCUT2D eigenvalue weighted by Crippen LogP contribution is -2.30. The highest BCUT2D eigenvalue weighted by Crippen LogP contribution is 2.29. The lowest BCUT2D eigenvalue weighted by Gasteiger charge is -2.20. The molecule has 0 unspecified atom stereocenters. The van der Waals surface area contributed by atoms with Gasteiger partial charge in [-0.2, -0.15) is 0 Å². The molecule has 4 heteroatoms. The van der Waals surface area contributed by atoms with Crippen molar-refractivity contribution in [1.29, 1.82) is 0 Å². The molecule has 0 aromatic heterocycles. The SMILES string of the molecule is CC[C@H](C)c1ccccc1O[C@@H](C)C(=O)Nc1ccc(N)cc1C. The zero-order valence-corrected chi connectivity index (χ0v) is 14.8. The van der Waals surface area contributed by atoms with Crippen LogP contribution in [0.3, 0.4) is 0 Å². The van der Waals surface area contributed by atoms with Crippen molar-refractivity contribution in [2.24, 2.45) is 0 Å². The minimum absolute atomic E-state index is 0.179. The number of anilines is 2. The average molecular weight is 326 g/mol. The summed E-state index contributed by atoms with van der Waals surface area (Å²) in [6.45, 7) is 7.97. The number of hydrogen-bond donors (Lipinski definition) is 2. The van der Waals surface area contributed by atoms with Crippen LogP contribution in [0.2, 0.25) is 0 Å². The molecule has 1 amide bonds. The number of carbonyl (C=O) groups excluding carboxylic acids is 1. The lowest BCUT2D eigenvalue weighted by atomic mass is 9.98. The van der Waals surface area contributed by atoms with E-state index in [1.807, 2.05) is 37.3 Å². The number of carbonyl (C=O) groups is 1. The Labute approximate surface area is 144 Å². The van der Waals surface area contributed by atoms with Crippen molar-refractivity contribution in [2.45, 2.75) is 46.1 Å². The topological polar surface area (TPSA) is 64.3 Å². The van der Waals surface area contributed by atoms with Gasteiger partial charge in [-0.3, -0.25) is 4.79 Å². The normalized spacial score (nSPS) is 13.2. The number of ether oxygens (including phenoxy) is 1. The van der Waals surface area contributed by atoms with Gasteiger partial charge in [-0.15, -0.1) is 0 Å². The zero-order valence-electron chi connectivity index (χ0n) is 14.8. The number of nitrogens with one attached hydrogen (secondary N) is 1. The summed E-state index contributed by atoms with van der Waals surface area (Å²) in [5.74, 6) is 0.973. The first-order valence-corrected chi connectivity index (χ1v) is 8.35. The van der Waals surface area contributed by atoms with Crippen LogP contribution in [0.5, 0.6) is 5.75 Å². The Morgan fingerprint density at radius 2 is 1.92 bits per heavy atom. The summed E-state index contributed by atoms with van der Waals surface area (Å²) in [5, 5.41) is 2.90. The Balaban J connectivity index is 2.09. The molecule has 2 aromatic carbocycles. The summed E-state index contributed by atoms with van der Waals surface area (Å²) in [7, 11) is 0. The van der Waals surface area contributed by atoms with Crippen molar-refractivity contribution in [3.05, 3.63) is 53.6 Å². The molecular formula is C20H26N2O2. The molecule has 2 rings (SSSR count). The maximum absolute atomic E-state index is 12.4. The van der Waals surface area contributed by atoms with E-state index in [1.165, 1.54) is 0 Å².